The van der Waals surface area contributed by atoms with Crippen molar-refractivity contribution in [3.05, 3.63) is 87.2 Å². The quantitative estimate of drug-likeness (QED) is 0.114. The maximum atomic E-state index is 13.5. The maximum Gasteiger partial charge on any atom is 0.418 e. The third-order valence-electron chi connectivity index (χ3n) is 6.07. The van der Waals surface area contributed by atoms with E-state index in [1.54, 1.807) is 43.0 Å². The van der Waals surface area contributed by atoms with Crippen LogP contribution in [0.2, 0.25) is 5.02 Å². The van der Waals surface area contributed by atoms with Gasteiger partial charge in [0.2, 0.25) is 5.69 Å². The van der Waals surface area contributed by atoms with Crippen molar-refractivity contribution in [2.75, 3.05) is 15.1 Å². The van der Waals surface area contributed by atoms with E-state index in [0.717, 1.165) is 4.70 Å². The van der Waals surface area contributed by atoms with E-state index >= 15 is 0 Å². The van der Waals surface area contributed by atoms with Crippen LogP contribution in [-0.2, 0) is 4.79 Å². The van der Waals surface area contributed by atoms with Crippen LogP contribution in [0.1, 0.15) is 13.8 Å². The number of fused-ring (bicyclic) bond motifs is 1. The zero-order valence-electron chi connectivity index (χ0n) is 20.7. The van der Waals surface area contributed by atoms with Gasteiger partial charge in [0.15, 0.2) is 10.2 Å². The van der Waals surface area contributed by atoms with Crippen LogP contribution < -0.4 is 19.9 Å². The van der Waals surface area contributed by atoms with Crippen molar-refractivity contribution in [3.63, 3.8) is 0 Å². The van der Waals surface area contributed by atoms with Crippen molar-refractivity contribution in [1.29, 1.82) is 0 Å². The molecule has 0 saturated carbocycles. The van der Waals surface area contributed by atoms with Gasteiger partial charge in [0.05, 0.1) is 27.4 Å². The van der Waals surface area contributed by atoms with Crippen molar-refractivity contribution in [2.45, 2.75) is 19.4 Å². The van der Waals surface area contributed by atoms with E-state index < -0.39 is 16.6 Å². The minimum absolute atomic E-state index is 0.123. The average molecular weight is 593 g/mol. The molecule has 0 bridgehead atoms. The second kappa shape index (κ2) is 10.2. The predicted octanol–water partition coefficient (Wildman–Crippen LogP) is 6.94. The molecule has 40 heavy (non-hydrogen) atoms. The Morgan fingerprint density at radius 3 is 2.52 bits per heavy atom. The van der Waals surface area contributed by atoms with Crippen LogP contribution in [-0.4, -0.2) is 32.6 Å². The lowest BCUT2D eigenvalue weighted by Crippen LogP contribution is -2.44. The number of amides is 2. The van der Waals surface area contributed by atoms with Crippen LogP contribution in [0.5, 0.6) is 5.75 Å². The summed E-state index contributed by atoms with van der Waals surface area (Å²) >= 11 is 13.2. The summed E-state index contributed by atoms with van der Waals surface area (Å²) in [7, 11) is 0. The number of rotatable bonds is 5. The standard InChI is InChI=1S/C26H17ClN6O5S2/c1-26(2)22(34)31(15-6-10-19(28-3)18(27)12-15)25(39)32(26)16-7-11-21-20(13-16)29-23(40-21)30-24(35)38-17-8-4-14(5-9-17)33(36)37/h4-13H,1-2H3,(H,29,30,35). The molecule has 1 fully saturated rings. The fraction of sp³-hybridized carbons (Fsp3) is 0.115. The van der Waals surface area contributed by atoms with Crippen LogP contribution in [0, 0.1) is 16.7 Å². The lowest BCUT2D eigenvalue weighted by molar-refractivity contribution is -0.384. The molecule has 4 aromatic rings. The summed E-state index contributed by atoms with van der Waals surface area (Å²) < 4.78 is 5.95. The van der Waals surface area contributed by atoms with Crippen LogP contribution >= 0.6 is 35.2 Å². The molecule has 5 rings (SSSR count). The number of benzene rings is 3. The smallest absolute Gasteiger partial charge is 0.410 e. The van der Waals surface area contributed by atoms with Crippen molar-refractivity contribution in [2.24, 2.45) is 0 Å². The molecule has 3 aromatic carbocycles. The van der Waals surface area contributed by atoms with Crippen molar-refractivity contribution in [1.82, 2.24) is 4.98 Å². The molecular formula is C26H17ClN6O5S2. The van der Waals surface area contributed by atoms with E-state index in [4.69, 9.17) is 35.1 Å². The number of ether oxygens (including phenoxy) is 1. The van der Waals surface area contributed by atoms with Gasteiger partial charge in [0.1, 0.15) is 11.3 Å². The Morgan fingerprint density at radius 2 is 1.88 bits per heavy atom. The third-order valence-corrected chi connectivity index (χ3v) is 7.69. The minimum atomic E-state index is -1.04. The fourth-order valence-electron chi connectivity index (χ4n) is 4.15. The molecule has 0 spiro atoms. The molecule has 0 radical (unpaired) electrons. The molecule has 0 unspecified atom stereocenters. The minimum Gasteiger partial charge on any atom is -0.410 e. The monoisotopic (exact) mass is 592 g/mol. The van der Waals surface area contributed by atoms with Gasteiger partial charge in [-0.15, -0.1) is 0 Å². The Labute approximate surface area is 241 Å². The van der Waals surface area contributed by atoms with Gasteiger partial charge in [-0.3, -0.25) is 25.1 Å². The molecular weight excluding hydrogens is 576 g/mol. The first-order valence-corrected chi connectivity index (χ1v) is 13.1. The number of thiazole rings is 1. The average Bonchev–Trinajstić information content (AvgIpc) is 3.37. The van der Waals surface area contributed by atoms with E-state index in [-0.39, 0.29) is 38.3 Å². The third kappa shape index (κ3) is 4.79. The summed E-state index contributed by atoms with van der Waals surface area (Å²) in [5, 5.41) is 14.1. The SMILES string of the molecule is [C-]#[N+]c1ccc(N2C(=O)C(C)(C)N(c3ccc4sc(NC(=O)Oc5ccc([N+](=O)[O-])cc5)nc4c3)C2=S)cc1Cl. The molecule has 14 heteroatoms. The summed E-state index contributed by atoms with van der Waals surface area (Å²) in [5.74, 6) is -0.130. The lowest BCUT2D eigenvalue weighted by Gasteiger charge is -2.29. The zero-order valence-corrected chi connectivity index (χ0v) is 23.1. The van der Waals surface area contributed by atoms with Gasteiger partial charge < -0.3 is 9.64 Å². The molecule has 1 aliphatic heterocycles. The van der Waals surface area contributed by atoms with Crippen LogP contribution in [0.3, 0.4) is 0 Å². The lowest BCUT2D eigenvalue weighted by atomic mass is 10.0. The van der Waals surface area contributed by atoms with Crippen LogP contribution in [0.15, 0.2) is 60.7 Å². The summed E-state index contributed by atoms with van der Waals surface area (Å²) in [5.41, 5.74) is 0.739. The Hall–Kier alpha value is -4.64. The predicted molar refractivity (Wildman–Crippen MR) is 157 cm³/mol. The van der Waals surface area contributed by atoms with Crippen molar-refractivity contribution >= 4 is 90.4 Å². The summed E-state index contributed by atoms with van der Waals surface area (Å²) in [6.45, 7) is 10.7. The van der Waals surface area contributed by atoms with E-state index in [0.29, 0.717) is 16.9 Å². The number of carbonyl (C=O) groups is 2. The van der Waals surface area contributed by atoms with Gasteiger partial charge in [0.25, 0.3) is 11.6 Å². The molecule has 200 valence electrons. The molecule has 1 N–H and O–H groups in total. The first-order valence-electron chi connectivity index (χ1n) is 11.5. The first kappa shape index (κ1) is 26.9. The Kier molecular flexibility index (Phi) is 6.84. The molecule has 0 aliphatic carbocycles. The molecule has 0 atom stereocenters. The number of nitrogens with zero attached hydrogens (tertiary/aromatic N) is 5. The topological polar surface area (TPSA) is 122 Å². The van der Waals surface area contributed by atoms with Gasteiger partial charge in [0, 0.05) is 22.8 Å². The Balaban J connectivity index is 1.37. The van der Waals surface area contributed by atoms with E-state index in [1.807, 2.05) is 6.07 Å². The van der Waals surface area contributed by atoms with Gasteiger partial charge in [-0.05, 0) is 68.5 Å². The summed E-state index contributed by atoms with van der Waals surface area (Å²) in [6.07, 6.45) is -0.806. The molecule has 11 nitrogen and oxygen atoms in total. The summed E-state index contributed by atoms with van der Waals surface area (Å²) in [4.78, 5) is 47.0. The number of nitro groups is 1. The Bertz CT molecular complexity index is 1770. The normalized spacial score (nSPS) is 14.3. The highest BCUT2D eigenvalue weighted by molar-refractivity contribution is 7.81. The first-order chi connectivity index (χ1) is 19.0. The molecule has 2 heterocycles. The van der Waals surface area contributed by atoms with Crippen LogP contribution in [0.4, 0.5) is 32.7 Å². The number of halogens is 1. The highest BCUT2D eigenvalue weighted by Gasteiger charge is 2.50. The number of hydrogen-bond acceptors (Lipinski definition) is 8. The van der Waals surface area contributed by atoms with Crippen molar-refractivity contribution < 1.29 is 19.2 Å². The Morgan fingerprint density at radius 1 is 1.18 bits per heavy atom. The number of hydrogen-bond donors (Lipinski definition) is 1. The highest BCUT2D eigenvalue weighted by Crippen LogP contribution is 2.40. The number of aromatic nitrogens is 1. The number of non-ortho nitro benzene ring substituents is 1. The molecule has 1 aromatic heterocycles. The largest absolute Gasteiger partial charge is 0.418 e. The number of nitrogens with one attached hydrogen (secondary N) is 1. The number of anilines is 3. The van der Waals surface area contributed by atoms with Gasteiger partial charge >= 0.3 is 6.09 Å². The van der Waals surface area contributed by atoms with Crippen LogP contribution in [0.25, 0.3) is 15.1 Å². The van der Waals surface area contributed by atoms with E-state index in [9.17, 15) is 19.7 Å². The second-order valence-electron chi connectivity index (χ2n) is 9.00. The number of thiocarbonyl (C=S) groups is 1. The second-order valence-corrected chi connectivity index (χ2v) is 10.8. The maximum absolute atomic E-state index is 13.5. The molecule has 1 saturated heterocycles. The molecule has 1 aliphatic rings. The van der Waals surface area contributed by atoms with Gasteiger partial charge in [-0.2, -0.15) is 0 Å². The number of nitro benzene ring substituents is 1. The van der Waals surface area contributed by atoms with E-state index in [2.05, 4.69) is 15.1 Å². The summed E-state index contributed by atoms with van der Waals surface area (Å²) in [6, 6.07) is 15.2. The zero-order chi connectivity index (χ0) is 28.8. The highest BCUT2D eigenvalue weighted by atomic mass is 35.5. The molecule has 2 amide bonds. The fourth-order valence-corrected chi connectivity index (χ4v) is 5.72. The van der Waals surface area contributed by atoms with Gasteiger partial charge in [-0.1, -0.05) is 29.0 Å². The number of carbonyl (C=O) groups excluding carboxylic acids is 2. The van der Waals surface area contributed by atoms with Gasteiger partial charge in [-0.25, -0.2) is 14.6 Å². The van der Waals surface area contributed by atoms with E-state index in [1.165, 1.54) is 46.6 Å². The van der Waals surface area contributed by atoms with Crippen molar-refractivity contribution in [3.8, 4) is 5.75 Å².